The van der Waals surface area contributed by atoms with Gasteiger partial charge in [0.25, 0.3) is 0 Å². The van der Waals surface area contributed by atoms with Crippen LogP contribution in [0.4, 0.5) is 13.2 Å². The van der Waals surface area contributed by atoms with Crippen molar-refractivity contribution in [3.8, 4) is 0 Å². The van der Waals surface area contributed by atoms with Crippen molar-refractivity contribution in [2.75, 3.05) is 0 Å². The van der Waals surface area contributed by atoms with Crippen LogP contribution in [0.25, 0.3) is 0 Å². The van der Waals surface area contributed by atoms with Crippen LogP contribution < -0.4 is 0 Å². The second-order valence-corrected chi connectivity index (χ2v) is 6.42. The summed E-state index contributed by atoms with van der Waals surface area (Å²) in [7, 11) is 0. The van der Waals surface area contributed by atoms with E-state index in [9.17, 15) is 18.0 Å². The van der Waals surface area contributed by atoms with Crippen LogP contribution in [0.5, 0.6) is 0 Å². The Hall–Kier alpha value is -1.32. The van der Waals surface area contributed by atoms with Gasteiger partial charge in [0.2, 0.25) is 0 Å². The summed E-state index contributed by atoms with van der Waals surface area (Å²) in [5, 5.41) is 0. The average molecular weight is 280 g/mol. The maximum Gasteiger partial charge on any atom is 0.417 e. The number of fused-ring (bicyclic) bond motifs is 5. The normalized spacial score (nSPS) is 37.9. The fraction of sp³-hybridized carbons (Fsp3) is 0.562. The fourth-order valence-electron chi connectivity index (χ4n) is 4.80. The van der Waals surface area contributed by atoms with E-state index in [4.69, 9.17) is 0 Å². The van der Waals surface area contributed by atoms with E-state index in [-0.39, 0.29) is 17.3 Å². The summed E-state index contributed by atoms with van der Waals surface area (Å²) in [4.78, 5) is 12.5. The number of carbonyl (C=O) groups is 1. The quantitative estimate of drug-likeness (QED) is 0.743. The molecule has 20 heavy (non-hydrogen) atoms. The molecule has 0 saturated heterocycles. The largest absolute Gasteiger partial charge is 0.417 e. The van der Waals surface area contributed by atoms with Crippen molar-refractivity contribution in [1.29, 1.82) is 0 Å². The summed E-state index contributed by atoms with van der Waals surface area (Å²) < 4.78 is 39.0. The SMILES string of the molecule is O=C(c1ccccc1C(F)(F)F)C1C2C3CCC(C3)C12. The van der Waals surface area contributed by atoms with Gasteiger partial charge in [-0.2, -0.15) is 13.2 Å². The van der Waals surface area contributed by atoms with Gasteiger partial charge in [-0.05, 0) is 49.0 Å². The molecule has 4 heteroatoms. The van der Waals surface area contributed by atoms with Crippen molar-refractivity contribution >= 4 is 5.78 Å². The highest BCUT2D eigenvalue weighted by Gasteiger charge is 2.67. The molecule has 1 aromatic rings. The third-order valence-electron chi connectivity index (χ3n) is 5.54. The van der Waals surface area contributed by atoms with Crippen molar-refractivity contribution in [2.45, 2.75) is 25.4 Å². The molecule has 0 radical (unpaired) electrons. The molecule has 0 aliphatic heterocycles. The highest BCUT2D eigenvalue weighted by molar-refractivity contribution is 6.01. The molecule has 0 spiro atoms. The Morgan fingerprint density at radius 2 is 1.65 bits per heavy atom. The Labute approximate surface area is 115 Å². The van der Waals surface area contributed by atoms with Crippen molar-refractivity contribution in [2.24, 2.45) is 29.6 Å². The van der Waals surface area contributed by atoms with Crippen LogP contribution in [0.3, 0.4) is 0 Å². The van der Waals surface area contributed by atoms with Crippen molar-refractivity contribution < 1.29 is 18.0 Å². The van der Waals surface area contributed by atoms with Crippen LogP contribution >= 0.6 is 0 Å². The van der Waals surface area contributed by atoms with E-state index in [2.05, 4.69) is 0 Å². The minimum atomic E-state index is -4.45. The van der Waals surface area contributed by atoms with E-state index in [0.717, 1.165) is 18.9 Å². The van der Waals surface area contributed by atoms with E-state index in [0.29, 0.717) is 23.7 Å². The lowest BCUT2D eigenvalue weighted by Crippen LogP contribution is -2.16. The molecule has 106 valence electrons. The van der Waals surface area contributed by atoms with E-state index in [1.54, 1.807) is 0 Å². The van der Waals surface area contributed by atoms with Gasteiger partial charge < -0.3 is 0 Å². The van der Waals surface area contributed by atoms with Crippen LogP contribution in [-0.4, -0.2) is 5.78 Å². The molecule has 3 aliphatic rings. The molecule has 4 atom stereocenters. The van der Waals surface area contributed by atoms with Gasteiger partial charge in [-0.15, -0.1) is 0 Å². The molecule has 2 bridgehead atoms. The minimum Gasteiger partial charge on any atom is -0.294 e. The predicted octanol–water partition coefficient (Wildman–Crippen LogP) is 4.18. The van der Waals surface area contributed by atoms with Gasteiger partial charge in [-0.3, -0.25) is 4.79 Å². The molecular weight excluding hydrogens is 265 g/mol. The zero-order valence-corrected chi connectivity index (χ0v) is 10.9. The van der Waals surface area contributed by atoms with Crippen LogP contribution in [-0.2, 0) is 6.18 Å². The summed E-state index contributed by atoms with van der Waals surface area (Å²) in [5.41, 5.74) is -0.902. The molecule has 1 nitrogen and oxygen atoms in total. The minimum absolute atomic E-state index is 0.126. The Balaban J connectivity index is 1.65. The summed E-state index contributed by atoms with van der Waals surface area (Å²) in [6, 6.07) is 5.22. The third kappa shape index (κ3) is 1.60. The number of hydrogen-bond acceptors (Lipinski definition) is 1. The van der Waals surface area contributed by atoms with Crippen molar-refractivity contribution in [1.82, 2.24) is 0 Å². The first-order valence-corrected chi connectivity index (χ1v) is 7.19. The lowest BCUT2D eigenvalue weighted by atomic mass is 9.93. The van der Waals surface area contributed by atoms with E-state index < -0.39 is 11.7 Å². The molecule has 3 fully saturated rings. The van der Waals surface area contributed by atoms with Crippen molar-refractivity contribution in [3.63, 3.8) is 0 Å². The Kier molecular flexibility index (Phi) is 2.40. The zero-order chi connectivity index (χ0) is 14.1. The Morgan fingerprint density at radius 1 is 1.05 bits per heavy atom. The first-order valence-electron chi connectivity index (χ1n) is 7.19. The van der Waals surface area contributed by atoms with Gasteiger partial charge in [0.1, 0.15) is 0 Å². The summed E-state index contributed by atoms with van der Waals surface area (Å²) in [6.45, 7) is 0. The number of carbonyl (C=O) groups excluding carboxylic acids is 1. The zero-order valence-electron chi connectivity index (χ0n) is 10.9. The number of alkyl halides is 3. The average Bonchev–Trinajstić information content (AvgIpc) is 2.84. The number of rotatable bonds is 2. The Morgan fingerprint density at radius 3 is 2.25 bits per heavy atom. The summed E-state index contributed by atoms with van der Waals surface area (Å²) in [5.74, 6) is 1.54. The lowest BCUT2D eigenvalue weighted by Gasteiger charge is -2.13. The number of benzene rings is 1. The smallest absolute Gasteiger partial charge is 0.294 e. The molecule has 0 heterocycles. The van der Waals surface area contributed by atoms with Crippen LogP contribution in [0.2, 0.25) is 0 Å². The van der Waals surface area contributed by atoms with Crippen LogP contribution in [0, 0.1) is 29.6 Å². The summed E-state index contributed by atoms with van der Waals surface area (Å²) in [6.07, 6.45) is -0.928. The summed E-state index contributed by atoms with van der Waals surface area (Å²) >= 11 is 0. The maximum absolute atomic E-state index is 13.0. The molecule has 3 aliphatic carbocycles. The van der Waals surface area contributed by atoms with Gasteiger partial charge in [0.05, 0.1) is 5.56 Å². The van der Waals surface area contributed by atoms with Gasteiger partial charge >= 0.3 is 6.18 Å². The monoisotopic (exact) mass is 280 g/mol. The van der Waals surface area contributed by atoms with E-state index in [1.807, 2.05) is 0 Å². The maximum atomic E-state index is 13.0. The standard InChI is InChI=1S/C16H15F3O/c17-16(18,19)11-4-2-1-3-10(11)15(20)14-12-8-5-6-9(7-8)13(12)14/h1-4,8-9,12-14H,5-7H2. The van der Waals surface area contributed by atoms with E-state index >= 15 is 0 Å². The highest BCUT2D eigenvalue weighted by Crippen LogP contribution is 2.70. The molecule has 0 aromatic heterocycles. The lowest BCUT2D eigenvalue weighted by molar-refractivity contribution is -0.137. The highest BCUT2D eigenvalue weighted by atomic mass is 19.4. The molecule has 0 amide bonds. The molecule has 3 saturated carbocycles. The number of ketones is 1. The van der Waals surface area contributed by atoms with Gasteiger partial charge in [-0.1, -0.05) is 18.2 Å². The molecular formula is C16H15F3O. The molecule has 4 rings (SSSR count). The number of Topliss-reactive ketones (excluding diaryl/α,β-unsaturated/α-hetero) is 1. The number of hydrogen-bond donors (Lipinski definition) is 0. The topological polar surface area (TPSA) is 17.1 Å². The molecule has 0 N–H and O–H groups in total. The first kappa shape index (κ1) is 12.4. The van der Waals surface area contributed by atoms with E-state index in [1.165, 1.54) is 24.6 Å². The van der Waals surface area contributed by atoms with Gasteiger partial charge in [-0.25, -0.2) is 0 Å². The Bertz CT molecular complexity index is 561. The number of halogens is 3. The predicted molar refractivity (Wildman–Crippen MR) is 67.1 cm³/mol. The van der Waals surface area contributed by atoms with Crippen LogP contribution in [0.1, 0.15) is 35.2 Å². The first-order chi connectivity index (χ1) is 9.48. The van der Waals surface area contributed by atoms with Crippen molar-refractivity contribution in [3.05, 3.63) is 35.4 Å². The molecule has 4 unspecified atom stereocenters. The third-order valence-corrected chi connectivity index (χ3v) is 5.54. The van der Waals surface area contributed by atoms with Crippen LogP contribution in [0.15, 0.2) is 24.3 Å². The van der Waals surface area contributed by atoms with Gasteiger partial charge in [0.15, 0.2) is 5.78 Å². The molecule has 1 aromatic carbocycles. The second kappa shape index (κ2) is 3.86. The fourth-order valence-corrected chi connectivity index (χ4v) is 4.80. The van der Waals surface area contributed by atoms with Gasteiger partial charge in [0, 0.05) is 11.5 Å². The second-order valence-electron chi connectivity index (χ2n) is 6.42.